The molecule has 0 bridgehead atoms. The van der Waals surface area contributed by atoms with Gasteiger partial charge in [0.05, 0.1) is 0 Å². The van der Waals surface area contributed by atoms with Crippen LogP contribution in [0.3, 0.4) is 0 Å². The molecule has 48 heavy (non-hydrogen) atoms. The molecule has 1 nitrogen and oxygen atoms in total. The van der Waals surface area contributed by atoms with Crippen molar-refractivity contribution in [3.63, 3.8) is 0 Å². The molecule has 0 atom stereocenters. The Morgan fingerprint density at radius 3 is 1.52 bits per heavy atom. The molecule has 0 saturated heterocycles. The van der Waals surface area contributed by atoms with Gasteiger partial charge in [0.25, 0.3) is 0 Å². The Bertz CT molecular complexity index is 2560. The van der Waals surface area contributed by atoms with E-state index in [2.05, 4.69) is 193 Å². The highest BCUT2D eigenvalue weighted by Gasteiger charge is 2.17. The molecule has 0 spiro atoms. The second-order valence-corrected chi connectivity index (χ2v) is 13.2. The standard InChI is InChI=1S/C46H31NS/c1-3-14-33(15-4-1)41-23-11-25-43-44-26-12-24-42(46(44)48-45(41)43)37-18-10-22-40(31-37)47(38-19-5-2-6-20-38)39-21-9-17-35(30-39)36-28-27-32-13-7-8-16-34(32)29-36/h1-31H. The van der Waals surface area contributed by atoms with E-state index in [1.165, 1.54) is 64.3 Å². The van der Waals surface area contributed by atoms with E-state index in [0.717, 1.165) is 17.1 Å². The van der Waals surface area contributed by atoms with Crippen LogP contribution in [0.5, 0.6) is 0 Å². The molecule has 2 heteroatoms. The number of benzene rings is 8. The normalized spacial score (nSPS) is 11.3. The van der Waals surface area contributed by atoms with Crippen molar-refractivity contribution >= 4 is 59.3 Å². The molecule has 0 aliphatic rings. The third kappa shape index (κ3) is 5.04. The first-order valence-electron chi connectivity index (χ1n) is 16.3. The highest BCUT2D eigenvalue weighted by Crippen LogP contribution is 2.45. The minimum Gasteiger partial charge on any atom is -0.310 e. The number of rotatable bonds is 6. The average Bonchev–Trinajstić information content (AvgIpc) is 3.55. The molecular formula is C46H31NS. The predicted octanol–water partition coefficient (Wildman–Crippen LogP) is 13.7. The smallest absolute Gasteiger partial charge is 0.0467 e. The van der Waals surface area contributed by atoms with Crippen molar-refractivity contribution in [1.29, 1.82) is 0 Å². The quantitative estimate of drug-likeness (QED) is 0.177. The van der Waals surface area contributed by atoms with Gasteiger partial charge in [-0.1, -0.05) is 146 Å². The maximum absolute atomic E-state index is 2.37. The largest absolute Gasteiger partial charge is 0.310 e. The highest BCUT2D eigenvalue weighted by atomic mass is 32.1. The Hall–Kier alpha value is -5.96. The molecular weight excluding hydrogens is 599 g/mol. The maximum Gasteiger partial charge on any atom is 0.0467 e. The molecule has 8 aromatic carbocycles. The third-order valence-electron chi connectivity index (χ3n) is 9.23. The Kier molecular flexibility index (Phi) is 7.07. The Morgan fingerprint density at radius 2 is 0.812 bits per heavy atom. The molecule has 1 heterocycles. The zero-order valence-corrected chi connectivity index (χ0v) is 27.1. The number of fused-ring (bicyclic) bond motifs is 4. The fraction of sp³-hybridized carbons (Fsp3) is 0. The summed E-state index contributed by atoms with van der Waals surface area (Å²) in [5.41, 5.74) is 10.8. The molecule has 0 saturated carbocycles. The van der Waals surface area contributed by atoms with Crippen molar-refractivity contribution in [2.75, 3.05) is 4.90 Å². The topological polar surface area (TPSA) is 3.24 Å². The van der Waals surface area contributed by atoms with Crippen LogP contribution in [0.1, 0.15) is 0 Å². The van der Waals surface area contributed by atoms with Gasteiger partial charge in [-0.3, -0.25) is 0 Å². The van der Waals surface area contributed by atoms with E-state index in [1.54, 1.807) is 0 Å². The molecule has 9 aromatic rings. The zero-order valence-electron chi connectivity index (χ0n) is 26.3. The fourth-order valence-electron chi connectivity index (χ4n) is 6.92. The van der Waals surface area contributed by atoms with Gasteiger partial charge in [-0.2, -0.15) is 0 Å². The van der Waals surface area contributed by atoms with Gasteiger partial charge in [-0.25, -0.2) is 0 Å². The number of para-hydroxylation sites is 1. The molecule has 226 valence electrons. The van der Waals surface area contributed by atoms with Crippen LogP contribution >= 0.6 is 11.3 Å². The molecule has 0 unspecified atom stereocenters. The summed E-state index contributed by atoms with van der Waals surface area (Å²) in [6.07, 6.45) is 0. The van der Waals surface area contributed by atoms with Gasteiger partial charge in [-0.15, -0.1) is 11.3 Å². The summed E-state index contributed by atoms with van der Waals surface area (Å²) in [7, 11) is 0. The summed E-state index contributed by atoms with van der Waals surface area (Å²) in [4.78, 5) is 2.37. The molecule has 0 amide bonds. The van der Waals surface area contributed by atoms with E-state index < -0.39 is 0 Å². The summed E-state index contributed by atoms with van der Waals surface area (Å²) in [6.45, 7) is 0. The van der Waals surface area contributed by atoms with Crippen molar-refractivity contribution < 1.29 is 0 Å². The van der Waals surface area contributed by atoms with Crippen LogP contribution in [0, 0.1) is 0 Å². The molecule has 0 aliphatic heterocycles. The lowest BCUT2D eigenvalue weighted by atomic mass is 9.99. The monoisotopic (exact) mass is 629 g/mol. The minimum atomic E-state index is 1.12. The molecule has 9 rings (SSSR count). The first-order valence-corrected chi connectivity index (χ1v) is 17.2. The average molecular weight is 630 g/mol. The van der Waals surface area contributed by atoms with Crippen LogP contribution in [-0.4, -0.2) is 0 Å². The summed E-state index contributed by atoms with van der Waals surface area (Å²) in [5, 5.41) is 5.12. The van der Waals surface area contributed by atoms with Crippen molar-refractivity contribution in [3.8, 4) is 33.4 Å². The first-order chi connectivity index (χ1) is 23.8. The summed E-state index contributed by atoms with van der Waals surface area (Å²) < 4.78 is 2.65. The fourth-order valence-corrected chi connectivity index (χ4v) is 8.29. The van der Waals surface area contributed by atoms with Gasteiger partial charge < -0.3 is 4.90 Å². The van der Waals surface area contributed by atoms with Crippen LogP contribution in [0.4, 0.5) is 17.1 Å². The van der Waals surface area contributed by atoms with Crippen molar-refractivity contribution in [2.24, 2.45) is 0 Å². The number of hydrogen-bond donors (Lipinski definition) is 0. The maximum atomic E-state index is 2.37. The Balaban J connectivity index is 1.17. The summed E-state index contributed by atoms with van der Waals surface area (Å²) >= 11 is 1.90. The Labute approximate surface area is 284 Å². The van der Waals surface area contributed by atoms with Gasteiger partial charge in [0.1, 0.15) is 0 Å². The van der Waals surface area contributed by atoms with E-state index >= 15 is 0 Å². The van der Waals surface area contributed by atoms with Gasteiger partial charge in [0.15, 0.2) is 0 Å². The molecule has 0 radical (unpaired) electrons. The van der Waals surface area contributed by atoms with E-state index in [0.29, 0.717) is 0 Å². The van der Waals surface area contributed by atoms with Crippen LogP contribution in [0.2, 0.25) is 0 Å². The lowest BCUT2D eigenvalue weighted by molar-refractivity contribution is 1.28. The van der Waals surface area contributed by atoms with Crippen molar-refractivity contribution in [1.82, 2.24) is 0 Å². The van der Waals surface area contributed by atoms with Crippen molar-refractivity contribution in [3.05, 3.63) is 188 Å². The second-order valence-electron chi connectivity index (χ2n) is 12.2. The van der Waals surface area contributed by atoms with Crippen LogP contribution in [0.15, 0.2) is 188 Å². The van der Waals surface area contributed by atoms with E-state index in [9.17, 15) is 0 Å². The van der Waals surface area contributed by atoms with Gasteiger partial charge >= 0.3 is 0 Å². The highest BCUT2D eigenvalue weighted by molar-refractivity contribution is 7.26. The Morgan fingerprint density at radius 1 is 0.312 bits per heavy atom. The second kappa shape index (κ2) is 12.0. The van der Waals surface area contributed by atoms with E-state index in [-0.39, 0.29) is 0 Å². The van der Waals surface area contributed by atoms with Crippen LogP contribution in [0.25, 0.3) is 64.3 Å². The number of thiophene rings is 1. The lowest BCUT2D eigenvalue weighted by Gasteiger charge is -2.26. The SMILES string of the molecule is c1ccc(-c2cccc3c2sc2c(-c4cccc(N(c5ccccc5)c5cccc(-c6ccc7ccccc7c6)c5)c4)cccc23)cc1. The van der Waals surface area contributed by atoms with Gasteiger partial charge in [-0.05, 0) is 86.6 Å². The zero-order chi connectivity index (χ0) is 31.9. The molecule has 1 aromatic heterocycles. The van der Waals surface area contributed by atoms with Gasteiger partial charge in [0.2, 0.25) is 0 Å². The summed E-state index contributed by atoms with van der Waals surface area (Å²) in [5.74, 6) is 0. The molecule has 0 fully saturated rings. The van der Waals surface area contributed by atoms with E-state index in [4.69, 9.17) is 0 Å². The number of nitrogens with zero attached hydrogens (tertiary/aromatic N) is 1. The van der Waals surface area contributed by atoms with Crippen LogP contribution in [-0.2, 0) is 0 Å². The number of hydrogen-bond acceptors (Lipinski definition) is 2. The van der Waals surface area contributed by atoms with Crippen LogP contribution < -0.4 is 4.90 Å². The van der Waals surface area contributed by atoms with Gasteiger partial charge in [0, 0.05) is 37.2 Å². The van der Waals surface area contributed by atoms with Crippen molar-refractivity contribution in [2.45, 2.75) is 0 Å². The predicted molar refractivity (Wildman–Crippen MR) is 208 cm³/mol. The first kappa shape index (κ1) is 28.3. The molecule has 0 aliphatic carbocycles. The lowest BCUT2D eigenvalue weighted by Crippen LogP contribution is -2.10. The van der Waals surface area contributed by atoms with E-state index in [1.807, 2.05) is 11.3 Å². The number of anilines is 3. The summed E-state index contributed by atoms with van der Waals surface area (Å²) in [6, 6.07) is 68.0. The minimum absolute atomic E-state index is 1.12. The molecule has 0 N–H and O–H groups in total. The third-order valence-corrected chi connectivity index (χ3v) is 10.5.